The lowest BCUT2D eigenvalue weighted by atomic mass is 9.43. The van der Waals surface area contributed by atoms with Crippen LogP contribution in [0.5, 0.6) is 0 Å². The zero-order valence-electron chi connectivity index (χ0n) is 13.5. The van der Waals surface area contributed by atoms with Gasteiger partial charge in [-0.15, -0.1) is 0 Å². The summed E-state index contributed by atoms with van der Waals surface area (Å²) >= 11 is 0. The number of nitrogens with two attached hydrogens (primary N) is 1. The van der Waals surface area contributed by atoms with Gasteiger partial charge in [-0.25, -0.2) is 4.98 Å². The second-order valence-electron chi connectivity index (χ2n) is 8.59. The first-order valence-corrected chi connectivity index (χ1v) is 8.80. The number of aryl methyl sites for hydroxylation is 1. The molecule has 4 saturated carbocycles. The zero-order valence-corrected chi connectivity index (χ0v) is 13.5. The van der Waals surface area contributed by atoms with E-state index < -0.39 is 0 Å². The van der Waals surface area contributed by atoms with Crippen LogP contribution in [0, 0.1) is 22.7 Å². The lowest BCUT2D eigenvalue weighted by Gasteiger charge is -2.62. The molecule has 0 amide bonds. The lowest BCUT2D eigenvalue weighted by molar-refractivity contribution is -0.115. The summed E-state index contributed by atoms with van der Waals surface area (Å²) in [6, 6.07) is 0.129. The van der Waals surface area contributed by atoms with Crippen LogP contribution < -0.4 is 5.73 Å². The van der Waals surface area contributed by atoms with Crippen molar-refractivity contribution in [3.05, 3.63) is 18.2 Å². The van der Waals surface area contributed by atoms with E-state index in [0.29, 0.717) is 10.8 Å². The number of hydrogen-bond acceptors (Lipinski definition) is 2. The van der Waals surface area contributed by atoms with Crippen molar-refractivity contribution in [2.24, 2.45) is 28.4 Å². The predicted octanol–water partition coefficient (Wildman–Crippen LogP) is 3.90. The van der Waals surface area contributed by atoms with Crippen LogP contribution >= 0.6 is 0 Å². The van der Waals surface area contributed by atoms with Gasteiger partial charge in [0.15, 0.2) is 0 Å². The van der Waals surface area contributed by atoms with Crippen LogP contribution in [-0.2, 0) is 6.54 Å². The van der Waals surface area contributed by atoms with Gasteiger partial charge >= 0.3 is 0 Å². The Kier molecular flexibility index (Phi) is 3.01. The van der Waals surface area contributed by atoms with Gasteiger partial charge in [0.25, 0.3) is 0 Å². The molecule has 4 aliphatic rings. The molecule has 3 unspecified atom stereocenters. The van der Waals surface area contributed by atoms with E-state index in [1.807, 2.05) is 6.20 Å². The van der Waals surface area contributed by atoms with Crippen molar-refractivity contribution in [1.82, 2.24) is 9.55 Å². The molecule has 21 heavy (non-hydrogen) atoms. The van der Waals surface area contributed by atoms with Crippen LogP contribution in [0.4, 0.5) is 0 Å². The fourth-order valence-electron chi connectivity index (χ4n) is 6.47. The van der Waals surface area contributed by atoms with Gasteiger partial charge in [0, 0.05) is 18.9 Å². The van der Waals surface area contributed by atoms with Gasteiger partial charge in [0.05, 0.1) is 6.04 Å². The van der Waals surface area contributed by atoms with E-state index in [9.17, 15) is 0 Å². The van der Waals surface area contributed by atoms with Crippen molar-refractivity contribution in [2.45, 2.75) is 71.4 Å². The Labute approximate surface area is 128 Å². The minimum atomic E-state index is 0.129. The predicted molar refractivity (Wildman–Crippen MR) is 84.7 cm³/mol. The molecule has 0 aromatic carbocycles. The molecule has 1 aromatic heterocycles. The average molecular weight is 287 g/mol. The highest BCUT2D eigenvalue weighted by molar-refractivity contribution is 5.14. The van der Waals surface area contributed by atoms with Crippen LogP contribution in [0.25, 0.3) is 0 Å². The molecule has 2 N–H and O–H groups in total. The molecule has 1 aromatic rings. The summed E-state index contributed by atoms with van der Waals surface area (Å²) in [6.45, 7) is 5.79. The van der Waals surface area contributed by atoms with Gasteiger partial charge < -0.3 is 10.3 Å². The van der Waals surface area contributed by atoms with Crippen molar-refractivity contribution in [1.29, 1.82) is 0 Å². The molecule has 4 fully saturated rings. The number of nitrogens with zero attached hydrogens (tertiary/aromatic N) is 2. The maximum absolute atomic E-state index is 6.85. The largest absolute Gasteiger partial charge is 0.334 e. The third-order valence-corrected chi connectivity index (χ3v) is 6.55. The van der Waals surface area contributed by atoms with Crippen molar-refractivity contribution >= 4 is 0 Å². The molecule has 3 heteroatoms. The molecule has 4 bridgehead atoms. The van der Waals surface area contributed by atoms with Crippen molar-refractivity contribution in [2.75, 3.05) is 0 Å². The SMILES string of the molecule is CCCn1ccnc1C(N)C12CC3CC(CC(C)(C3)C1)C2. The quantitative estimate of drug-likeness (QED) is 0.912. The normalized spacial score (nSPS) is 42.4. The summed E-state index contributed by atoms with van der Waals surface area (Å²) in [6.07, 6.45) is 13.6. The van der Waals surface area contributed by atoms with Gasteiger partial charge in [0.2, 0.25) is 0 Å². The van der Waals surface area contributed by atoms with Crippen LogP contribution in [0.15, 0.2) is 12.4 Å². The minimum absolute atomic E-state index is 0.129. The molecule has 0 saturated heterocycles. The number of hydrogen-bond donors (Lipinski definition) is 1. The fraction of sp³-hybridized carbons (Fsp3) is 0.833. The van der Waals surface area contributed by atoms with Gasteiger partial charge in [-0.3, -0.25) is 0 Å². The Morgan fingerprint density at radius 3 is 2.67 bits per heavy atom. The van der Waals surface area contributed by atoms with Gasteiger partial charge in [-0.05, 0) is 67.6 Å². The average Bonchev–Trinajstić information content (AvgIpc) is 2.83. The van der Waals surface area contributed by atoms with E-state index in [4.69, 9.17) is 5.73 Å². The van der Waals surface area contributed by atoms with E-state index >= 15 is 0 Å². The fourth-order valence-corrected chi connectivity index (χ4v) is 6.47. The zero-order chi connectivity index (χ0) is 14.7. The number of imidazole rings is 1. The van der Waals surface area contributed by atoms with Crippen LogP contribution in [0.1, 0.15) is 70.7 Å². The number of rotatable bonds is 4. The van der Waals surface area contributed by atoms with E-state index in [0.717, 1.165) is 30.6 Å². The van der Waals surface area contributed by atoms with Gasteiger partial charge in [-0.1, -0.05) is 13.8 Å². The highest BCUT2D eigenvalue weighted by atomic mass is 15.1. The molecular weight excluding hydrogens is 258 g/mol. The molecule has 0 aliphatic heterocycles. The summed E-state index contributed by atoms with van der Waals surface area (Å²) in [5.41, 5.74) is 7.73. The summed E-state index contributed by atoms with van der Waals surface area (Å²) < 4.78 is 2.30. The summed E-state index contributed by atoms with van der Waals surface area (Å²) in [5, 5.41) is 0. The van der Waals surface area contributed by atoms with E-state index in [1.165, 1.54) is 38.5 Å². The van der Waals surface area contributed by atoms with Crippen molar-refractivity contribution in [3.63, 3.8) is 0 Å². The Hall–Kier alpha value is -0.830. The standard InChI is InChI=1S/C18H29N3/c1-3-5-21-6-4-20-16(21)15(19)18-10-13-7-14(11-18)9-17(2,8-13)12-18/h4,6,13-15H,3,5,7-12,19H2,1-2H3. The molecule has 0 radical (unpaired) electrons. The topological polar surface area (TPSA) is 43.8 Å². The first kappa shape index (κ1) is 13.8. The summed E-state index contributed by atoms with van der Waals surface area (Å²) in [7, 11) is 0. The molecular formula is C18H29N3. The third kappa shape index (κ3) is 2.08. The van der Waals surface area contributed by atoms with Crippen LogP contribution in [-0.4, -0.2) is 9.55 Å². The van der Waals surface area contributed by atoms with E-state index in [2.05, 4.69) is 29.6 Å². The first-order valence-electron chi connectivity index (χ1n) is 8.80. The number of aromatic nitrogens is 2. The maximum Gasteiger partial charge on any atom is 0.126 e. The van der Waals surface area contributed by atoms with Gasteiger partial charge in [-0.2, -0.15) is 0 Å². The van der Waals surface area contributed by atoms with Crippen LogP contribution in [0.3, 0.4) is 0 Å². The lowest BCUT2D eigenvalue weighted by Crippen LogP contribution is -2.54. The molecule has 1 heterocycles. The third-order valence-electron chi connectivity index (χ3n) is 6.55. The van der Waals surface area contributed by atoms with E-state index in [-0.39, 0.29) is 6.04 Å². The van der Waals surface area contributed by atoms with Crippen molar-refractivity contribution in [3.8, 4) is 0 Å². The van der Waals surface area contributed by atoms with E-state index in [1.54, 1.807) is 0 Å². The monoisotopic (exact) mass is 287 g/mol. The Morgan fingerprint density at radius 1 is 1.33 bits per heavy atom. The minimum Gasteiger partial charge on any atom is -0.334 e. The summed E-state index contributed by atoms with van der Waals surface area (Å²) in [5.74, 6) is 3.00. The van der Waals surface area contributed by atoms with Crippen LogP contribution in [0.2, 0.25) is 0 Å². The second kappa shape index (κ2) is 4.58. The molecule has 3 nitrogen and oxygen atoms in total. The Bertz CT molecular complexity index is 518. The molecule has 116 valence electrons. The smallest absolute Gasteiger partial charge is 0.126 e. The second-order valence-corrected chi connectivity index (χ2v) is 8.59. The first-order chi connectivity index (χ1) is 10.0. The molecule has 3 atom stereocenters. The molecule has 0 spiro atoms. The Morgan fingerprint density at radius 2 is 2.05 bits per heavy atom. The van der Waals surface area contributed by atoms with Crippen molar-refractivity contribution < 1.29 is 0 Å². The molecule has 4 aliphatic carbocycles. The maximum atomic E-state index is 6.85. The molecule has 5 rings (SSSR count). The Balaban J connectivity index is 1.67. The highest BCUT2D eigenvalue weighted by Crippen LogP contribution is 2.67. The van der Waals surface area contributed by atoms with Gasteiger partial charge in [0.1, 0.15) is 5.82 Å². The summed E-state index contributed by atoms with van der Waals surface area (Å²) in [4.78, 5) is 4.65. The highest BCUT2D eigenvalue weighted by Gasteiger charge is 2.58.